The molecule has 0 unspecified atom stereocenters. The van der Waals surface area contributed by atoms with Gasteiger partial charge < -0.3 is 5.11 Å². The third-order valence-electron chi connectivity index (χ3n) is 2.36. The topological polar surface area (TPSA) is 57.6 Å². The molecule has 0 aliphatic heterocycles. The van der Waals surface area contributed by atoms with E-state index < -0.39 is 10.0 Å². The number of aliphatic hydroxyl groups excluding tert-OH is 1. The molecule has 17 heavy (non-hydrogen) atoms. The van der Waals surface area contributed by atoms with E-state index in [-0.39, 0.29) is 18.0 Å². The van der Waals surface area contributed by atoms with Crippen LogP contribution in [0.25, 0.3) is 0 Å². The molecule has 0 aliphatic carbocycles. The highest BCUT2D eigenvalue weighted by molar-refractivity contribution is 7.89. The van der Waals surface area contributed by atoms with Gasteiger partial charge in [-0.05, 0) is 17.7 Å². The molecule has 0 saturated carbocycles. The largest absolute Gasteiger partial charge is 0.392 e. The van der Waals surface area contributed by atoms with Gasteiger partial charge in [-0.2, -0.15) is 4.31 Å². The highest BCUT2D eigenvalue weighted by Crippen LogP contribution is 2.16. The number of aliphatic hydroxyl groups is 1. The second-order valence-electron chi connectivity index (χ2n) is 3.44. The first-order valence-corrected chi connectivity index (χ1v) is 6.63. The van der Waals surface area contributed by atoms with E-state index in [1.54, 1.807) is 19.1 Å². The third-order valence-corrected chi connectivity index (χ3v) is 4.30. The average molecular weight is 253 g/mol. The Morgan fingerprint density at radius 2 is 1.94 bits per heavy atom. The quantitative estimate of drug-likeness (QED) is 0.790. The molecular weight excluding hydrogens is 238 g/mol. The van der Waals surface area contributed by atoms with E-state index in [1.165, 1.54) is 16.4 Å². The predicted octanol–water partition coefficient (Wildman–Crippen LogP) is 0.823. The van der Waals surface area contributed by atoms with Crippen LogP contribution in [0.4, 0.5) is 0 Å². The molecule has 1 N–H and O–H groups in total. The van der Waals surface area contributed by atoms with Gasteiger partial charge in [0, 0.05) is 6.54 Å². The Labute approximate surface area is 102 Å². The summed E-state index contributed by atoms with van der Waals surface area (Å²) in [6, 6.07) is 6.10. The van der Waals surface area contributed by atoms with Crippen LogP contribution >= 0.6 is 0 Å². The van der Waals surface area contributed by atoms with E-state index in [1.807, 2.05) is 0 Å². The highest BCUT2D eigenvalue weighted by atomic mass is 32.2. The number of terminal acetylenes is 1. The van der Waals surface area contributed by atoms with Gasteiger partial charge >= 0.3 is 0 Å². The molecule has 1 aromatic rings. The first kappa shape index (κ1) is 13.7. The van der Waals surface area contributed by atoms with Crippen molar-refractivity contribution in [2.45, 2.75) is 18.4 Å². The zero-order valence-electron chi connectivity index (χ0n) is 9.63. The number of nitrogens with zero attached hydrogens (tertiary/aromatic N) is 1. The molecule has 0 radical (unpaired) electrons. The summed E-state index contributed by atoms with van der Waals surface area (Å²) in [5.41, 5.74) is 0.670. The lowest BCUT2D eigenvalue weighted by Crippen LogP contribution is -2.31. The normalized spacial score (nSPS) is 11.4. The predicted molar refractivity (Wildman–Crippen MR) is 65.6 cm³/mol. The Morgan fingerprint density at radius 3 is 2.35 bits per heavy atom. The molecule has 0 fully saturated rings. The fraction of sp³-hybridized carbons (Fsp3) is 0.333. The van der Waals surface area contributed by atoms with Crippen LogP contribution in [0, 0.1) is 12.3 Å². The first-order valence-electron chi connectivity index (χ1n) is 5.19. The van der Waals surface area contributed by atoms with Crippen molar-refractivity contribution in [2.24, 2.45) is 0 Å². The van der Waals surface area contributed by atoms with E-state index in [0.717, 1.165) is 0 Å². The van der Waals surface area contributed by atoms with E-state index >= 15 is 0 Å². The zero-order valence-corrected chi connectivity index (χ0v) is 10.4. The maximum absolute atomic E-state index is 12.1. The number of sulfonamides is 1. The Balaban J connectivity index is 3.08. The second kappa shape index (κ2) is 5.82. The Hall–Kier alpha value is -1.35. The minimum atomic E-state index is -3.53. The number of benzene rings is 1. The molecule has 1 aromatic carbocycles. The van der Waals surface area contributed by atoms with Gasteiger partial charge in [0.1, 0.15) is 0 Å². The lowest BCUT2D eigenvalue weighted by Gasteiger charge is -2.17. The van der Waals surface area contributed by atoms with Crippen LogP contribution in [0.3, 0.4) is 0 Å². The Morgan fingerprint density at radius 1 is 1.35 bits per heavy atom. The summed E-state index contributed by atoms with van der Waals surface area (Å²) in [7, 11) is -3.53. The van der Waals surface area contributed by atoms with Crippen LogP contribution in [0.2, 0.25) is 0 Å². The molecule has 0 saturated heterocycles. The Kier molecular flexibility index (Phi) is 4.70. The molecule has 0 aromatic heterocycles. The minimum absolute atomic E-state index is 0.0561. The zero-order chi connectivity index (χ0) is 12.9. The van der Waals surface area contributed by atoms with Crippen LogP contribution < -0.4 is 0 Å². The molecule has 5 heteroatoms. The number of hydrogen-bond acceptors (Lipinski definition) is 3. The van der Waals surface area contributed by atoms with Crippen LogP contribution in [0.15, 0.2) is 29.2 Å². The molecule has 0 atom stereocenters. The molecule has 0 bridgehead atoms. The van der Waals surface area contributed by atoms with Gasteiger partial charge in [0.15, 0.2) is 0 Å². The number of rotatable bonds is 5. The van der Waals surface area contributed by atoms with Gasteiger partial charge in [-0.25, -0.2) is 8.42 Å². The van der Waals surface area contributed by atoms with Gasteiger partial charge in [-0.1, -0.05) is 25.0 Å². The van der Waals surface area contributed by atoms with Crippen molar-refractivity contribution in [2.75, 3.05) is 13.1 Å². The molecule has 1 rings (SSSR count). The summed E-state index contributed by atoms with van der Waals surface area (Å²) in [6.07, 6.45) is 5.14. The van der Waals surface area contributed by atoms with Crippen LogP contribution in [0.5, 0.6) is 0 Å². The summed E-state index contributed by atoms with van der Waals surface area (Å²) < 4.78 is 25.5. The third kappa shape index (κ3) is 3.07. The standard InChI is InChI=1S/C12H15NO3S/c1-3-9-13(4-2)17(15,16)12-7-5-11(10-14)6-8-12/h1,5-8,14H,4,9-10H2,2H3. The average Bonchev–Trinajstić information content (AvgIpc) is 2.35. The van der Waals surface area contributed by atoms with Gasteiger partial charge in [-0.15, -0.1) is 6.42 Å². The molecular formula is C12H15NO3S. The summed E-state index contributed by atoms with van der Waals surface area (Å²) in [4.78, 5) is 0.187. The second-order valence-corrected chi connectivity index (χ2v) is 5.38. The van der Waals surface area contributed by atoms with E-state index in [0.29, 0.717) is 12.1 Å². The van der Waals surface area contributed by atoms with Crippen molar-refractivity contribution < 1.29 is 13.5 Å². The minimum Gasteiger partial charge on any atom is -0.392 e. The van der Waals surface area contributed by atoms with Crippen molar-refractivity contribution >= 4 is 10.0 Å². The molecule has 0 amide bonds. The van der Waals surface area contributed by atoms with Crippen LogP contribution in [-0.4, -0.2) is 30.9 Å². The van der Waals surface area contributed by atoms with Crippen LogP contribution in [-0.2, 0) is 16.6 Å². The highest BCUT2D eigenvalue weighted by Gasteiger charge is 2.21. The van der Waals surface area contributed by atoms with E-state index in [4.69, 9.17) is 11.5 Å². The van der Waals surface area contributed by atoms with Gasteiger partial charge in [-0.3, -0.25) is 0 Å². The SMILES string of the molecule is C#CCN(CC)S(=O)(=O)c1ccc(CO)cc1. The van der Waals surface area contributed by atoms with Gasteiger partial charge in [0.25, 0.3) is 0 Å². The number of hydrogen-bond donors (Lipinski definition) is 1. The molecule has 4 nitrogen and oxygen atoms in total. The van der Waals surface area contributed by atoms with Crippen LogP contribution in [0.1, 0.15) is 12.5 Å². The van der Waals surface area contributed by atoms with E-state index in [2.05, 4.69) is 5.92 Å². The van der Waals surface area contributed by atoms with Gasteiger partial charge in [0.2, 0.25) is 10.0 Å². The maximum Gasteiger partial charge on any atom is 0.243 e. The summed E-state index contributed by atoms with van der Waals surface area (Å²) in [5.74, 6) is 2.32. The molecule has 0 heterocycles. The van der Waals surface area contributed by atoms with Crippen molar-refractivity contribution in [1.82, 2.24) is 4.31 Å². The molecule has 92 valence electrons. The summed E-state index contributed by atoms with van der Waals surface area (Å²) >= 11 is 0. The summed E-state index contributed by atoms with van der Waals surface area (Å²) in [6.45, 7) is 2.01. The molecule has 0 spiro atoms. The van der Waals surface area contributed by atoms with Crippen molar-refractivity contribution in [3.63, 3.8) is 0 Å². The lowest BCUT2D eigenvalue weighted by atomic mass is 10.2. The molecule has 0 aliphatic rings. The lowest BCUT2D eigenvalue weighted by molar-refractivity contribution is 0.281. The van der Waals surface area contributed by atoms with Gasteiger partial charge in [0.05, 0.1) is 18.0 Å². The monoisotopic (exact) mass is 253 g/mol. The summed E-state index contributed by atoms with van der Waals surface area (Å²) in [5, 5.41) is 8.88. The Bertz CT molecular complexity index is 500. The fourth-order valence-corrected chi connectivity index (χ4v) is 2.75. The smallest absolute Gasteiger partial charge is 0.243 e. The van der Waals surface area contributed by atoms with Crippen molar-refractivity contribution in [3.05, 3.63) is 29.8 Å². The first-order chi connectivity index (χ1) is 8.06. The van der Waals surface area contributed by atoms with E-state index in [9.17, 15) is 8.42 Å². The fourth-order valence-electron chi connectivity index (χ4n) is 1.38. The van der Waals surface area contributed by atoms with Crippen molar-refractivity contribution in [1.29, 1.82) is 0 Å². The maximum atomic E-state index is 12.1. The van der Waals surface area contributed by atoms with Crippen molar-refractivity contribution in [3.8, 4) is 12.3 Å².